The molecule has 7 nitrogen and oxygen atoms in total. The van der Waals surface area contributed by atoms with E-state index in [-0.39, 0.29) is 12.2 Å². The van der Waals surface area contributed by atoms with Crippen LogP contribution in [0.15, 0.2) is 27.8 Å². The van der Waals surface area contributed by atoms with E-state index in [1.165, 1.54) is 10.6 Å². The van der Waals surface area contributed by atoms with E-state index in [9.17, 15) is 14.0 Å². The van der Waals surface area contributed by atoms with Gasteiger partial charge in [-0.25, -0.2) is 14.2 Å². The standard InChI is InChI=1S/C18H21ClFN5O2/c1-3-5-8-25-16-15(17(26)23-18(25)27)24(4-2)14(22-16)10-21-13-7-6-11(19)9-12(13)20/h6-7,9,21H,3-5,8,10H2,1-2H3,(H,23,26,27). The summed E-state index contributed by atoms with van der Waals surface area (Å²) in [6.45, 7) is 5.07. The molecule has 0 fully saturated rings. The van der Waals surface area contributed by atoms with Crippen LogP contribution in [-0.4, -0.2) is 19.1 Å². The van der Waals surface area contributed by atoms with Gasteiger partial charge in [-0.2, -0.15) is 0 Å². The molecule has 3 rings (SSSR count). The number of hydrogen-bond donors (Lipinski definition) is 2. The fourth-order valence-electron chi connectivity index (χ4n) is 3.02. The minimum absolute atomic E-state index is 0.197. The SMILES string of the molecule is CCCCn1c(=O)[nH]c(=O)c2c1nc(CNc1ccc(Cl)cc1F)n2CC. The van der Waals surface area contributed by atoms with Gasteiger partial charge in [0, 0.05) is 18.1 Å². The van der Waals surface area contributed by atoms with Crippen molar-refractivity contribution in [3.63, 3.8) is 0 Å². The highest BCUT2D eigenvalue weighted by Gasteiger charge is 2.17. The molecule has 3 aromatic rings. The van der Waals surface area contributed by atoms with Gasteiger partial charge in [-0.1, -0.05) is 24.9 Å². The number of fused-ring (bicyclic) bond motifs is 1. The van der Waals surface area contributed by atoms with Gasteiger partial charge in [0.05, 0.1) is 12.2 Å². The number of aromatic nitrogens is 4. The number of hydrogen-bond acceptors (Lipinski definition) is 4. The van der Waals surface area contributed by atoms with Crippen LogP contribution in [0.2, 0.25) is 5.02 Å². The monoisotopic (exact) mass is 393 g/mol. The topological polar surface area (TPSA) is 84.7 Å². The average Bonchev–Trinajstić information content (AvgIpc) is 2.99. The summed E-state index contributed by atoms with van der Waals surface area (Å²) < 4.78 is 17.2. The van der Waals surface area contributed by atoms with Crippen LogP contribution < -0.4 is 16.6 Å². The number of benzene rings is 1. The van der Waals surface area contributed by atoms with Crippen molar-refractivity contribution in [1.29, 1.82) is 0 Å². The van der Waals surface area contributed by atoms with Crippen molar-refractivity contribution < 1.29 is 4.39 Å². The quantitative estimate of drug-likeness (QED) is 0.646. The fraction of sp³-hybridized carbons (Fsp3) is 0.389. The molecule has 0 atom stereocenters. The number of rotatable bonds is 7. The molecule has 0 aliphatic carbocycles. The Morgan fingerprint density at radius 1 is 1.26 bits per heavy atom. The number of nitrogens with zero attached hydrogens (tertiary/aromatic N) is 3. The number of unbranched alkanes of at least 4 members (excludes halogenated alkanes) is 1. The zero-order valence-corrected chi connectivity index (χ0v) is 15.9. The molecule has 9 heteroatoms. The molecule has 2 heterocycles. The Kier molecular flexibility index (Phi) is 5.65. The number of H-pyrrole nitrogens is 1. The number of nitrogens with one attached hydrogen (secondary N) is 2. The Hall–Kier alpha value is -2.61. The van der Waals surface area contributed by atoms with Gasteiger partial charge in [0.25, 0.3) is 5.56 Å². The first-order valence-electron chi connectivity index (χ1n) is 8.87. The lowest BCUT2D eigenvalue weighted by Crippen LogP contribution is -2.31. The lowest BCUT2D eigenvalue weighted by molar-refractivity contribution is 0.613. The van der Waals surface area contributed by atoms with Crippen LogP contribution in [0, 0.1) is 5.82 Å². The minimum atomic E-state index is -0.473. The molecule has 0 aliphatic rings. The molecule has 0 saturated heterocycles. The number of halogens is 2. The van der Waals surface area contributed by atoms with E-state index < -0.39 is 17.1 Å². The smallest absolute Gasteiger partial charge is 0.330 e. The highest BCUT2D eigenvalue weighted by molar-refractivity contribution is 6.30. The van der Waals surface area contributed by atoms with Crippen molar-refractivity contribution in [1.82, 2.24) is 19.1 Å². The van der Waals surface area contributed by atoms with Gasteiger partial charge >= 0.3 is 5.69 Å². The van der Waals surface area contributed by atoms with E-state index in [1.807, 2.05) is 13.8 Å². The zero-order chi connectivity index (χ0) is 19.6. The summed E-state index contributed by atoms with van der Waals surface area (Å²) in [6, 6.07) is 4.35. The molecule has 0 saturated carbocycles. The van der Waals surface area contributed by atoms with Crippen LogP contribution in [0.4, 0.5) is 10.1 Å². The molecular formula is C18H21ClFN5O2. The molecule has 0 aliphatic heterocycles. The number of anilines is 1. The van der Waals surface area contributed by atoms with E-state index >= 15 is 0 Å². The number of aromatic amines is 1. The Morgan fingerprint density at radius 2 is 2.04 bits per heavy atom. The van der Waals surface area contributed by atoms with Gasteiger partial charge in [0.15, 0.2) is 11.2 Å². The van der Waals surface area contributed by atoms with E-state index in [0.717, 1.165) is 12.8 Å². The first kappa shape index (κ1) is 19.2. The van der Waals surface area contributed by atoms with Crippen molar-refractivity contribution in [2.75, 3.05) is 5.32 Å². The van der Waals surface area contributed by atoms with Crippen LogP contribution in [0.5, 0.6) is 0 Å². The molecule has 0 unspecified atom stereocenters. The molecule has 0 spiro atoms. The maximum absolute atomic E-state index is 14.0. The van der Waals surface area contributed by atoms with Gasteiger partial charge in [0.1, 0.15) is 11.6 Å². The molecule has 0 bridgehead atoms. The highest BCUT2D eigenvalue weighted by Crippen LogP contribution is 2.20. The third-order valence-electron chi connectivity index (χ3n) is 4.38. The van der Waals surface area contributed by atoms with Crippen molar-refractivity contribution in [3.8, 4) is 0 Å². The number of imidazole rings is 1. The van der Waals surface area contributed by atoms with Crippen LogP contribution in [0.3, 0.4) is 0 Å². The van der Waals surface area contributed by atoms with Gasteiger partial charge in [-0.3, -0.25) is 14.3 Å². The zero-order valence-electron chi connectivity index (χ0n) is 15.2. The lowest BCUT2D eigenvalue weighted by atomic mass is 10.3. The van der Waals surface area contributed by atoms with E-state index in [2.05, 4.69) is 15.3 Å². The average molecular weight is 394 g/mol. The van der Waals surface area contributed by atoms with E-state index in [1.54, 1.807) is 16.7 Å². The Morgan fingerprint density at radius 3 is 2.70 bits per heavy atom. The second-order valence-electron chi connectivity index (χ2n) is 6.19. The Labute approximate surface area is 159 Å². The van der Waals surface area contributed by atoms with Gasteiger partial charge < -0.3 is 9.88 Å². The lowest BCUT2D eigenvalue weighted by Gasteiger charge is -2.09. The predicted molar refractivity (Wildman–Crippen MR) is 104 cm³/mol. The molecular weight excluding hydrogens is 373 g/mol. The Balaban J connectivity index is 2.03. The summed E-state index contributed by atoms with van der Waals surface area (Å²) in [5, 5.41) is 3.28. The van der Waals surface area contributed by atoms with E-state index in [0.29, 0.717) is 35.1 Å². The van der Waals surface area contributed by atoms with E-state index in [4.69, 9.17) is 11.6 Å². The maximum Gasteiger partial charge on any atom is 0.330 e. The summed E-state index contributed by atoms with van der Waals surface area (Å²) in [5.41, 5.74) is 0.0476. The predicted octanol–water partition coefficient (Wildman–Crippen LogP) is 3.11. The minimum Gasteiger partial charge on any atom is -0.375 e. The molecule has 0 radical (unpaired) electrons. The third-order valence-corrected chi connectivity index (χ3v) is 4.62. The largest absolute Gasteiger partial charge is 0.375 e. The second-order valence-corrected chi connectivity index (χ2v) is 6.62. The second kappa shape index (κ2) is 7.96. The highest BCUT2D eigenvalue weighted by atomic mass is 35.5. The third kappa shape index (κ3) is 3.75. The fourth-order valence-corrected chi connectivity index (χ4v) is 3.18. The normalized spacial score (nSPS) is 11.3. The molecule has 27 heavy (non-hydrogen) atoms. The van der Waals surface area contributed by atoms with Gasteiger partial charge in [-0.15, -0.1) is 0 Å². The molecule has 2 aromatic heterocycles. The van der Waals surface area contributed by atoms with Crippen molar-refractivity contribution >= 4 is 28.5 Å². The van der Waals surface area contributed by atoms with Crippen LogP contribution >= 0.6 is 11.6 Å². The Bertz CT molecular complexity index is 1090. The molecule has 144 valence electrons. The maximum atomic E-state index is 14.0. The number of aryl methyl sites for hydroxylation is 2. The van der Waals surface area contributed by atoms with Crippen molar-refractivity contribution in [2.24, 2.45) is 0 Å². The molecule has 1 aromatic carbocycles. The summed E-state index contributed by atoms with van der Waals surface area (Å²) in [5.74, 6) is 0.0718. The van der Waals surface area contributed by atoms with Crippen LogP contribution in [0.1, 0.15) is 32.5 Å². The van der Waals surface area contributed by atoms with Crippen molar-refractivity contribution in [2.45, 2.75) is 46.3 Å². The summed E-state index contributed by atoms with van der Waals surface area (Å²) in [6.07, 6.45) is 1.70. The first-order chi connectivity index (χ1) is 13.0. The van der Waals surface area contributed by atoms with Crippen LogP contribution in [-0.2, 0) is 19.6 Å². The summed E-state index contributed by atoms with van der Waals surface area (Å²) in [4.78, 5) is 31.4. The molecule has 2 N–H and O–H groups in total. The summed E-state index contributed by atoms with van der Waals surface area (Å²) in [7, 11) is 0. The van der Waals surface area contributed by atoms with Crippen molar-refractivity contribution in [3.05, 3.63) is 55.7 Å². The van der Waals surface area contributed by atoms with Crippen LogP contribution in [0.25, 0.3) is 11.2 Å². The summed E-state index contributed by atoms with van der Waals surface area (Å²) >= 11 is 5.77. The molecule has 0 amide bonds. The van der Waals surface area contributed by atoms with Gasteiger partial charge in [0.2, 0.25) is 0 Å². The van der Waals surface area contributed by atoms with Gasteiger partial charge in [-0.05, 0) is 31.5 Å². The first-order valence-corrected chi connectivity index (χ1v) is 9.25.